The third-order valence-electron chi connectivity index (χ3n) is 5.29. The normalized spacial score (nSPS) is 16.5. The Balaban J connectivity index is 1.63. The number of piperidine rings is 1. The van der Waals surface area contributed by atoms with Crippen molar-refractivity contribution >= 4 is 23.3 Å². The Morgan fingerprint density at radius 3 is 2.42 bits per heavy atom. The first-order valence-electron chi connectivity index (χ1n) is 9.17. The van der Waals surface area contributed by atoms with E-state index in [0.29, 0.717) is 11.3 Å². The molecule has 0 aliphatic carbocycles. The van der Waals surface area contributed by atoms with Crippen LogP contribution in [0, 0.1) is 0 Å². The summed E-state index contributed by atoms with van der Waals surface area (Å²) in [6, 6.07) is 12.9. The van der Waals surface area contributed by atoms with Gasteiger partial charge in [-0.25, -0.2) is 4.79 Å². The topological polar surface area (TPSA) is 60.9 Å². The van der Waals surface area contributed by atoms with E-state index in [1.165, 1.54) is 6.42 Å². The van der Waals surface area contributed by atoms with E-state index >= 15 is 0 Å². The molecule has 134 valence electrons. The van der Waals surface area contributed by atoms with E-state index in [9.17, 15) is 14.7 Å². The fraction of sp³-hybridized carbons (Fsp3) is 0.333. The summed E-state index contributed by atoms with van der Waals surface area (Å²) < 4.78 is 0. The van der Waals surface area contributed by atoms with Crippen molar-refractivity contribution in [3.8, 4) is 0 Å². The summed E-state index contributed by atoms with van der Waals surface area (Å²) in [6.45, 7) is 2.41. The predicted octanol–water partition coefficient (Wildman–Crippen LogP) is 3.71. The smallest absolute Gasteiger partial charge is 0.337 e. The fourth-order valence-electron chi connectivity index (χ4n) is 3.95. The van der Waals surface area contributed by atoms with Crippen LogP contribution in [0.15, 0.2) is 42.5 Å². The number of aromatic carboxylic acids is 1. The number of anilines is 2. The second-order valence-corrected chi connectivity index (χ2v) is 6.92. The van der Waals surface area contributed by atoms with Gasteiger partial charge >= 0.3 is 5.97 Å². The highest BCUT2D eigenvalue weighted by molar-refractivity contribution is 5.97. The number of carboxylic acids is 1. The molecule has 0 atom stereocenters. The number of carboxylic acid groups (broad SMARTS) is 1. The van der Waals surface area contributed by atoms with Crippen LogP contribution in [0.1, 0.15) is 45.5 Å². The Hall–Kier alpha value is -2.82. The van der Waals surface area contributed by atoms with E-state index in [4.69, 9.17) is 0 Å². The van der Waals surface area contributed by atoms with Crippen LogP contribution in [0.25, 0.3) is 0 Å². The second kappa shape index (κ2) is 6.83. The third-order valence-corrected chi connectivity index (χ3v) is 5.29. The van der Waals surface area contributed by atoms with Crippen LogP contribution >= 0.6 is 0 Å². The zero-order valence-electron chi connectivity index (χ0n) is 14.6. The number of hydrogen-bond acceptors (Lipinski definition) is 3. The average molecular weight is 350 g/mol. The van der Waals surface area contributed by atoms with Gasteiger partial charge in [0.15, 0.2) is 0 Å². The number of benzene rings is 2. The van der Waals surface area contributed by atoms with Crippen molar-refractivity contribution < 1.29 is 14.7 Å². The molecule has 1 amide bonds. The molecule has 4 rings (SSSR count). The lowest BCUT2D eigenvalue weighted by Crippen LogP contribution is -2.35. The minimum absolute atomic E-state index is 0.108. The van der Waals surface area contributed by atoms with E-state index in [2.05, 4.69) is 0 Å². The van der Waals surface area contributed by atoms with Gasteiger partial charge in [-0.3, -0.25) is 4.79 Å². The first-order chi connectivity index (χ1) is 12.6. The Labute approximate surface area is 152 Å². The number of likely N-dealkylation sites (tertiary alicyclic amines) is 1. The number of hydrogen-bond donors (Lipinski definition) is 1. The number of carbonyl (C=O) groups excluding carboxylic acids is 1. The average Bonchev–Trinajstić information content (AvgIpc) is 3.11. The standard InChI is InChI=1S/C21H22N2O3/c24-20(22-11-4-1-5-12-22)16-8-9-18-15(14-16)10-13-23(18)19-7-3-2-6-17(19)21(25)26/h2-3,6-9,14H,1,4-5,10-13H2,(H,25,26). The van der Waals surface area contributed by atoms with E-state index < -0.39 is 5.97 Å². The van der Waals surface area contributed by atoms with Crippen molar-refractivity contribution in [2.24, 2.45) is 0 Å². The molecule has 5 nitrogen and oxygen atoms in total. The number of carbonyl (C=O) groups is 2. The van der Waals surface area contributed by atoms with Crippen LogP contribution in [0.3, 0.4) is 0 Å². The second-order valence-electron chi connectivity index (χ2n) is 6.92. The van der Waals surface area contributed by atoms with Crippen molar-refractivity contribution in [3.63, 3.8) is 0 Å². The summed E-state index contributed by atoms with van der Waals surface area (Å²) in [7, 11) is 0. The maximum Gasteiger partial charge on any atom is 0.337 e. The van der Waals surface area contributed by atoms with Crippen molar-refractivity contribution in [3.05, 3.63) is 59.2 Å². The van der Waals surface area contributed by atoms with Crippen LogP contribution in [-0.4, -0.2) is 41.5 Å². The van der Waals surface area contributed by atoms with Crippen LogP contribution < -0.4 is 4.90 Å². The van der Waals surface area contributed by atoms with E-state index in [1.807, 2.05) is 40.1 Å². The van der Waals surface area contributed by atoms with Crippen molar-refractivity contribution in [2.45, 2.75) is 25.7 Å². The number of fused-ring (bicyclic) bond motifs is 1. The van der Waals surface area contributed by atoms with E-state index in [-0.39, 0.29) is 5.91 Å². The van der Waals surface area contributed by atoms with Gasteiger partial charge in [0.25, 0.3) is 5.91 Å². The monoisotopic (exact) mass is 350 g/mol. The molecule has 0 spiro atoms. The zero-order chi connectivity index (χ0) is 18.1. The lowest BCUT2D eigenvalue weighted by atomic mass is 10.1. The van der Waals surface area contributed by atoms with Crippen molar-refractivity contribution in [2.75, 3.05) is 24.5 Å². The number of nitrogens with zero attached hydrogens (tertiary/aromatic N) is 2. The Bertz CT molecular complexity index is 856. The van der Waals surface area contributed by atoms with E-state index in [1.54, 1.807) is 12.1 Å². The molecular formula is C21H22N2O3. The Morgan fingerprint density at radius 2 is 1.65 bits per heavy atom. The number of para-hydroxylation sites is 1. The molecule has 2 aromatic carbocycles. The number of rotatable bonds is 3. The molecule has 2 aliphatic rings. The Morgan fingerprint density at radius 1 is 0.885 bits per heavy atom. The van der Waals surface area contributed by atoms with Gasteiger partial charge in [0.05, 0.1) is 11.3 Å². The van der Waals surface area contributed by atoms with Gasteiger partial charge < -0.3 is 14.9 Å². The number of amides is 1. The Kier molecular flexibility index (Phi) is 4.37. The SMILES string of the molecule is O=C(O)c1ccccc1N1CCc2cc(C(=O)N3CCCCC3)ccc21. The van der Waals surface area contributed by atoms with Crippen LogP contribution in [0.2, 0.25) is 0 Å². The first kappa shape index (κ1) is 16.6. The summed E-state index contributed by atoms with van der Waals surface area (Å²) in [5, 5.41) is 9.46. The van der Waals surface area contributed by atoms with Crippen molar-refractivity contribution in [1.82, 2.24) is 4.90 Å². The van der Waals surface area contributed by atoms with Crippen LogP contribution in [-0.2, 0) is 6.42 Å². The van der Waals surface area contributed by atoms with E-state index in [0.717, 1.165) is 55.7 Å². The highest BCUT2D eigenvalue weighted by Crippen LogP contribution is 2.37. The zero-order valence-corrected chi connectivity index (χ0v) is 14.6. The molecule has 2 aromatic rings. The minimum atomic E-state index is -0.925. The van der Waals surface area contributed by atoms with Gasteiger partial charge in [-0.2, -0.15) is 0 Å². The highest BCUT2D eigenvalue weighted by Gasteiger charge is 2.26. The van der Waals surface area contributed by atoms with Gasteiger partial charge in [-0.1, -0.05) is 12.1 Å². The summed E-state index contributed by atoms with van der Waals surface area (Å²) in [4.78, 5) is 28.2. The first-order valence-corrected chi connectivity index (χ1v) is 9.17. The molecule has 2 heterocycles. The summed E-state index contributed by atoms with van der Waals surface area (Å²) in [6.07, 6.45) is 4.17. The highest BCUT2D eigenvalue weighted by atomic mass is 16.4. The molecule has 0 radical (unpaired) electrons. The maximum absolute atomic E-state index is 12.7. The lowest BCUT2D eigenvalue weighted by molar-refractivity contribution is 0.0695. The molecule has 5 heteroatoms. The molecule has 2 aliphatic heterocycles. The summed E-state index contributed by atoms with van der Waals surface area (Å²) in [5.74, 6) is -0.817. The molecule has 1 N–H and O–H groups in total. The molecule has 26 heavy (non-hydrogen) atoms. The molecule has 0 unspecified atom stereocenters. The molecule has 0 aromatic heterocycles. The minimum Gasteiger partial charge on any atom is -0.478 e. The lowest BCUT2D eigenvalue weighted by Gasteiger charge is -2.27. The molecular weight excluding hydrogens is 328 g/mol. The largest absolute Gasteiger partial charge is 0.478 e. The fourth-order valence-corrected chi connectivity index (χ4v) is 3.95. The maximum atomic E-state index is 12.7. The summed E-state index contributed by atoms with van der Waals surface area (Å²) in [5.41, 5.74) is 3.84. The third kappa shape index (κ3) is 2.94. The quantitative estimate of drug-likeness (QED) is 0.917. The van der Waals surface area contributed by atoms with Gasteiger partial charge in [0, 0.05) is 30.9 Å². The van der Waals surface area contributed by atoms with Gasteiger partial charge in [0.1, 0.15) is 0 Å². The van der Waals surface area contributed by atoms with Crippen LogP contribution in [0.4, 0.5) is 11.4 Å². The summed E-state index contributed by atoms with van der Waals surface area (Å²) >= 11 is 0. The molecule has 1 saturated heterocycles. The van der Waals surface area contributed by atoms with Crippen molar-refractivity contribution in [1.29, 1.82) is 0 Å². The van der Waals surface area contributed by atoms with Gasteiger partial charge in [-0.05, 0) is 61.6 Å². The van der Waals surface area contributed by atoms with Gasteiger partial charge in [0.2, 0.25) is 0 Å². The molecule has 0 saturated carbocycles. The van der Waals surface area contributed by atoms with Gasteiger partial charge in [-0.15, -0.1) is 0 Å². The predicted molar refractivity (Wildman–Crippen MR) is 100 cm³/mol. The van der Waals surface area contributed by atoms with Crippen LogP contribution in [0.5, 0.6) is 0 Å². The molecule has 1 fully saturated rings. The molecule has 0 bridgehead atoms.